The van der Waals surface area contributed by atoms with Gasteiger partial charge >= 0.3 is 0 Å². The smallest absolute Gasteiger partial charge is 0.199 e. The van der Waals surface area contributed by atoms with Crippen molar-refractivity contribution >= 4 is 5.78 Å². The van der Waals surface area contributed by atoms with E-state index in [0.717, 1.165) is 12.1 Å². The molecule has 1 saturated heterocycles. The van der Waals surface area contributed by atoms with E-state index in [4.69, 9.17) is 9.15 Å². The number of hydrogen-bond acceptors (Lipinski definition) is 4. The van der Waals surface area contributed by atoms with Gasteiger partial charge in [-0.1, -0.05) is 11.8 Å². The second kappa shape index (κ2) is 7.91. The number of nitrogens with zero attached hydrogens (tertiary/aromatic N) is 1. The molecular formula is C19H18FNO3. The molecule has 1 fully saturated rings. The minimum absolute atomic E-state index is 0.0149. The summed E-state index contributed by atoms with van der Waals surface area (Å²) in [5.41, 5.74) is 0.771. The normalized spacial score (nSPS) is 18.0. The SMILES string of the molecule is O=C(C[C@@H]1COCCN1CC#Cc1ccc(F)cc1)c1ccco1. The maximum atomic E-state index is 12.9. The number of hydrogen-bond donors (Lipinski definition) is 0. The van der Waals surface area contributed by atoms with E-state index < -0.39 is 0 Å². The zero-order valence-corrected chi connectivity index (χ0v) is 13.2. The second-order valence-electron chi connectivity index (χ2n) is 5.61. The Hall–Kier alpha value is -2.42. The van der Waals surface area contributed by atoms with Gasteiger partial charge in [-0.25, -0.2) is 4.39 Å². The van der Waals surface area contributed by atoms with Crippen LogP contribution in [0, 0.1) is 17.7 Å². The maximum Gasteiger partial charge on any atom is 0.199 e. The molecule has 124 valence electrons. The van der Waals surface area contributed by atoms with E-state index in [2.05, 4.69) is 16.7 Å². The molecule has 1 aliphatic rings. The van der Waals surface area contributed by atoms with Crippen molar-refractivity contribution in [1.82, 2.24) is 4.90 Å². The van der Waals surface area contributed by atoms with Crippen molar-refractivity contribution in [3.63, 3.8) is 0 Å². The molecule has 2 aromatic rings. The molecule has 24 heavy (non-hydrogen) atoms. The highest BCUT2D eigenvalue weighted by molar-refractivity contribution is 5.93. The van der Waals surface area contributed by atoms with Crippen LogP contribution in [0.25, 0.3) is 0 Å². The quantitative estimate of drug-likeness (QED) is 0.640. The average Bonchev–Trinajstić information content (AvgIpc) is 3.13. The van der Waals surface area contributed by atoms with Crippen LogP contribution in [0.2, 0.25) is 0 Å². The molecule has 0 bridgehead atoms. The molecule has 0 unspecified atom stereocenters. The molecule has 1 atom stereocenters. The van der Waals surface area contributed by atoms with Crippen molar-refractivity contribution in [2.24, 2.45) is 0 Å². The molecule has 0 N–H and O–H groups in total. The molecule has 0 radical (unpaired) electrons. The van der Waals surface area contributed by atoms with Crippen LogP contribution in [0.3, 0.4) is 0 Å². The fourth-order valence-electron chi connectivity index (χ4n) is 2.61. The third-order valence-corrected chi connectivity index (χ3v) is 3.93. The second-order valence-corrected chi connectivity index (χ2v) is 5.61. The molecule has 0 aliphatic carbocycles. The summed E-state index contributed by atoms with van der Waals surface area (Å²) in [7, 11) is 0. The third kappa shape index (κ3) is 4.31. The predicted molar refractivity (Wildman–Crippen MR) is 87.1 cm³/mol. The van der Waals surface area contributed by atoms with Crippen LogP contribution in [0.5, 0.6) is 0 Å². The maximum absolute atomic E-state index is 12.9. The van der Waals surface area contributed by atoms with Gasteiger partial charge in [-0.3, -0.25) is 9.69 Å². The Morgan fingerprint density at radius 1 is 1.29 bits per heavy atom. The zero-order chi connectivity index (χ0) is 16.8. The first kappa shape index (κ1) is 16.4. The molecule has 4 nitrogen and oxygen atoms in total. The molecule has 3 rings (SSSR count). The molecule has 1 aromatic heterocycles. The van der Waals surface area contributed by atoms with Gasteiger partial charge in [-0.2, -0.15) is 0 Å². The highest BCUT2D eigenvalue weighted by Crippen LogP contribution is 2.14. The summed E-state index contributed by atoms with van der Waals surface area (Å²) in [6, 6.07) is 9.45. The first-order valence-electron chi connectivity index (χ1n) is 7.85. The van der Waals surface area contributed by atoms with Gasteiger partial charge in [0.25, 0.3) is 0 Å². The Balaban J connectivity index is 1.60. The first-order valence-corrected chi connectivity index (χ1v) is 7.85. The van der Waals surface area contributed by atoms with E-state index >= 15 is 0 Å². The van der Waals surface area contributed by atoms with Crippen molar-refractivity contribution in [1.29, 1.82) is 0 Å². The summed E-state index contributed by atoms with van der Waals surface area (Å²) < 4.78 is 23.5. The number of ether oxygens (including phenoxy) is 1. The van der Waals surface area contributed by atoms with Gasteiger partial charge in [0.05, 0.1) is 26.0 Å². The van der Waals surface area contributed by atoms with Gasteiger partial charge in [0, 0.05) is 24.6 Å². The largest absolute Gasteiger partial charge is 0.461 e. The molecular weight excluding hydrogens is 309 g/mol. The van der Waals surface area contributed by atoms with Crippen LogP contribution >= 0.6 is 0 Å². The number of carbonyl (C=O) groups excluding carboxylic acids is 1. The number of carbonyl (C=O) groups is 1. The third-order valence-electron chi connectivity index (χ3n) is 3.93. The molecule has 0 saturated carbocycles. The van der Waals surface area contributed by atoms with Gasteiger partial charge in [-0.15, -0.1) is 0 Å². The number of Topliss-reactive ketones (excluding diaryl/α,β-unsaturated/α-hetero) is 1. The lowest BCUT2D eigenvalue weighted by atomic mass is 10.1. The van der Waals surface area contributed by atoms with Crippen LogP contribution in [-0.2, 0) is 4.74 Å². The summed E-state index contributed by atoms with van der Waals surface area (Å²) >= 11 is 0. The molecule has 5 heteroatoms. The fourth-order valence-corrected chi connectivity index (χ4v) is 2.61. The minimum Gasteiger partial charge on any atom is -0.461 e. The Morgan fingerprint density at radius 2 is 2.12 bits per heavy atom. The number of furan rings is 1. The van der Waals surface area contributed by atoms with Gasteiger partial charge in [0.1, 0.15) is 5.82 Å². The lowest BCUT2D eigenvalue weighted by Gasteiger charge is -2.33. The number of ketones is 1. The van der Waals surface area contributed by atoms with Crippen molar-refractivity contribution < 1.29 is 18.3 Å². The Bertz CT molecular complexity index is 728. The topological polar surface area (TPSA) is 42.7 Å². The first-order chi connectivity index (χ1) is 11.7. The van der Waals surface area contributed by atoms with Gasteiger partial charge in [-0.05, 0) is 36.4 Å². The van der Waals surface area contributed by atoms with Crippen molar-refractivity contribution in [2.45, 2.75) is 12.5 Å². The van der Waals surface area contributed by atoms with E-state index in [-0.39, 0.29) is 17.6 Å². The fraction of sp³-hybridized carbons (Fsp3) is 0.316. The van der Waals surface area contributed by atoms with Crippen LogP contribution in [0.1, 0.15) is 22.5 Å². The molecule has 1 aliphatic heterocycles. The lowest BCUT2D eigenvalue weighted by molar-refractivity contribution is -0.00232. The zero-order valence-electron chi connectivity index (χ0n) is 13.2. The van der Waals surface area contributed by atoms with Gasteiger partial charge in [0.15, 0.2) is 11.5 Å². The number of halogens is 1. The highest BCUT2D eigenvalue weighted by Gasteiger charge is 2.25. The van der Waals surface area contributed by atoms with E-state index in [0.29, 0.717) is 31.9 Å². The summed E-state index contributed by atoms with van der Waals surface area (Å²) in [6.45, 7) is 2.40. The van der Waals surface area contributed by atoms with E-state index in [9.17, 15) is 9.18 Å². The Kier molecular flexibility index (Phi) is 5.42. The molecule has 0 amide bonds. The monoisotopic (exact) mass is 327 g/mol. The van der Waals surface area contributed by atoms with Gasteiger partial charge in [0.2, 0.25) is 0 Å². The number of rotatable bonds is 4. The molecule has 0 spiro atoms. The summed E-state index contributed by atoms with van der Waals surface area (Å²) in [5.74, 6) is 6.17. The van der Waals surface area contributed by atoms with Crippen molar-refractivity contribution in [3.05, 3.63) is 59.8 Å². The Morgan fingerprint density at radius 3 is 2.88 bits per heavy atom. The molecule has 2 heterocycles. The van der Waals surface area contributed by atoms with Crippen molar-refractivity contribution in [2.75, 3.05) is 26.3 Å². The molecule has 1 aromatic carbocycles. The van der Waals surface area contributed by atoms with E-state index in [1.54, 1.807) is 24.3 Å². The van der Waals surface area contributed by atoms with Gasteiger partial charge < -0.3 is 9.15 Å². The number of morpholine rings is 1. The predicted octanol–water partition coefficient (Wildman–Crippen LogP) is 2.74. The average molecular weight is 327 g/mol. The lowest BCUT2D eigenvalue weighted by Crippen LogP contribution is -2.46. The van der Waals surface area contributed by atoms with E-state index in [1.165, 1.54) is 18.4 Å². The highest BCUT2D eigenvalue weighted by atomic mass is 19.1. The van der Waals surface area contributed by atoms with Crippen LogP contribution in [-0.4, -0.2) is 43.0 Å². The van der Waals surface area contributed by atoms with Crippen LogP contribution in [0.15, 0.2) is 47.1 Å². The number of benzene rings is 1. The summed E-state index contributed by atoms with van der Waals surface area (Å²) in [5, 5.41) is 0. The van der Waals surface area contributed by atoms with Crippen LogP contribution in [0.4, 0.5) is 4.39 Å². The van der Waals surface area contributed by atoms with Crippen LogP contribution < -0.4 is 0 Å². The summed E-state index contributed by atoms with van der Waals surface area (Å²) in [4.78, 5) is 14.3. The minimum atomic E-state index is -0.273. The summed E-state index contributed by atoms with van der Waals surface area (Å²) in [6.07, 6.45) is 1.84. The standard InChI is InChI=1S/C19H18FNO3/c20-16-7-5-15(6-8-16)3-1-9-21-10-12-23-14-17(21)13-18(22)19-4-2-11-24-19/h2,4-8,11,17H,9-10,12-14H2/t17-/m1/s1. The van der Waals surface area contributed by atoms with Crippen molar-refractivity contribution in [3.8, 4) is 11.8 Å². The van der Waals surface area contributed by atoms with E-state index in [1.807, 2.05) is 0 Å². The Labute approximate surface area is 140 Å².